The van der Waals surface area contributed by atoms with E-state index in [0.717, 1.165) is 212 Å². The highest BCUT2D eigenvalue weighted by Gasteiger charge is 2.42. The van der Waals surface area contributed by atoms with Gasteiger partial charge in [-0.3, -0.25) is 33.6 Å². The van der Waals surface area contributed by atoms with Gasteiger partial charge in [0.15, 0.2) is 29.5 Å². The van der Waals surface area contributed by atoms with Gasteiger partial charge in [-0.1, -0.05) is 48.5 Å². The molecule has 0 aliphatic carbocycles. The molecule has 18 unspecified atom stereocenters. The smallest absolute Gasteiger partial charge is 0.239 e. The van der Waals surface area contributed by atoms with E-state index >= 15 is 0 Å². The molecule has 14 heterocycles. The van der Waals surface area contributed by atoms with E-state index in [2.05, 4.69) is 124 Å². The molecule has 30 nitrogen and oxygen atoms in total. The van der Waals surface area contributed by atoms with Crippen molar-refractivity contribution in [3.05, 3.63) is 0 Å². The lowest BCUT2D eigenvalue weighted by Crippen LogP contribution is -2.47. The van der Waals surface area contributed by atoms with Gasteiger partial charge in [-0.15, -0.1) is 0 Å². The molecule has 14 aliphatic heterocycles. The maximum atomic E-state index is 12.5. The van der Waals surface area contributed by atoms with Gasteiger partial charge in [0.25, 0.3) is 0 Å². The number of sulfone groups is 4. The van der Waals surface area contributed by atoms with Crippen molar-refractivity contribution in [1.29, 1.82) is 0 Å². The SMILES string of the molecule is CNC1CCC(C)CN(CC2CCCS(=O)(=O)C2)C1=O.CNC1CCC(C)CN(CC2CCCS2(=O)=O)C1=O.CNC1CCC(C)CN(CC2CCCSC2)C1=O.CNC1CCC(C)CN(CC2CCOCC2)C1=O.CNC1CCC(C)CN(CC2CCS(=O)(=O)C2)C1=O.CNC1CCC(C)CN(CC2CCS(=O)(=O)CC2)C1=O.CNC1CCC(C)CN(CC2CCSCC2)C1=O. The van der Waals surface area contributed by atoms with E-state index in [0.29, 0.717) is 129 Å². The van der Waals surface area contributed by atoms with Crippen molar-refractivity contribution in [2.75, 3.05) is 217 Å². The predicted molar refractivity (Wildman–Crippen MR) is 535 cm³/mol. The number of ether oxygens (including phenoxy) is 1. The molecule has 0 spiro atoms. The van der Waals surface area contributed by atoms with Crippen molar-refractivity contribution in [2.24, 2.45) is 76.9 Å². The molecule has 0 aromatic heterocycles. The van der Waals surface area contributed by atoms with Crippen LogP contribution in [0.25, 0.3) is 0 Å². The summed E-state index contributed by atoms with van der Waals surface area (Å²) < 4.78 is 98.6. The van der Waals surface area contributed by atoms with Crippen LogP contribution in [-0.2, 0) is 77.6 Å². The number of thioether (sulfide) groups is 2. The Morgan fingerprint density at radius 2 is 0.530 bits per heavy atom. The predicted octanol–water partition coefficient (Wildman–Crippen LogP) is 7.20. The third-order valence-electron chi connectivity index (χ3n) is 30.3. The second-order valence-electron chi connectivity index (χ2n) is 42.2. The Morgan fingerprint density at radius 1 is 0.265 bits per heavy atom. The lowest BCUT2D eigenvalue weighted by atomic mass is 9.99. The molecule has 132 heavy (non-hydrogen) atoms. The molecule has 14 saturated heterocycles. The van der Waals surface area contributed by atoms with Crippen molar-refractivity contribution < 1.29 is 72.0 Å². The minimum Gasteiger partial charge on any atom is -0.381 e. The standard InChI is InChI=1S/2C14H26N2O3S.C14H26N2O2.2C14H26N2OS.2C13H24N2O3S/c1-11-3-4-13(15-2)14(17)16(9-11)10-12-5-7-20(18,19)8-6-12;1-11-5-6-13(15-2)14(17)16(8-11)9-12-4-3-7-20(18,19)10-12;2*1-11-3-4-13(15-2)14(17)16(9-11)10-12-5-7-18-8-6-12;1-11-5-6-13(15-2)14(17)16(8-11)9-12-4-3-7-18-10-12;1-10-3-4-12(14-2)13(16)15(7-10)8-11-5-6-19(17,18)9-11;1-10-5-6-12(14-2)13(16)15(8-10)9-11-4-3-7-19(11,17)18/h2*11-13,15H,3-10H2,1-2H3;3*11-13,15H,3-10H2,1-2H3;2*10-12,14H,3-9H2,1-2H3. The molecule has 0 aromatic rings. The fourth-order valence-corrected chi connectivity index (χ4v) is 31.3. The number of likely N-dealkylation sites (tertiary alicyclic amines) is 7. The number of likely N-dealkylation sites (N-methyl/N-ethyl adjacent to an activating group) is 7. The Morgan fingerprint density at radius 3 is 0.826 bits per heavy atom. The average molecular weight is 1980 g/mol. The fraction of sp³-hybridized carbons (Fsp3) is 0.927. The highest BCUT2D eigenvalue weighted by molar-refractivity contribution is 7.99. The number of carbonyl (C=O) groups is 7. The van der Waals surface area contributed by atoms with Gasteiger partial charge in [-0.25, -0.2) is 33.7 Å². The number of hydrogen-bond acceptors (Lipinski definition) is 25. The van der Waals surface area contributed by atoms with Gasteiger partial charge in [0, 0.05) is 105 Å². The summed E-state index contributed by atoms with van der Waals surface area (Å²) in [6, 6.07) is -0.335. The molecule has 14 rings (SSSR count). The quantitative estimate of drug-likeness (QED) is 0.0597. The summed E-state index contributed by atoms with van der Waals surface area (Å²) in [7, 11) is 1.43. The van der Waals surface area contributed by atoms with Crippen molar-refractivity contribution in [1.82, 2.24) is 71.5 Å². The van der Waals surface area contributed by atoms with Gasteiger partial charge in [-0.2, -0.15) is 23.5 Å². The van der Waals surface area contributed by atoms with E-state index in [4.69, 9.17) is 4.74 Å². The van der Waals surface area contributed by atoms with Crippen LogP contribution in [0.15, 0.2) is 0 Å². The Labute approximate surface area is 806 Å². The maximum Gasteiger partial charge on any atom is 0.239 e. The molecule has 7 N–H and O–H groups in total. The van der Waals surface area contributed by atoms with Gasteiger partial charge in [0.2, 0.25) is 41.4 Å². The Hall–Kier alpha value is -3.53. The van der Waals surface area contributed by atoms with Crippen LogP contribution in [0, 0.1) is 76.9 Å². The van der Waals surface area contributed by atoms with E-state index in [1.807, 2.05) is 57.0 Å². The lowest BCUT2D eigenvalue weighted by molar-refractivity contribution is -0.134. The van der Waals surface area contributed by atoms with Crippen LogP contribution in [0.4, 0.5) is 0 Å². The Bertz CT molecular complexity index is 3850. The van der Waals surface area contributed by atoms with E-state index in [1.165, 1.54) is 48.7 Å². The van der Waals surface area contributed by atoms with Crippen LogP contribution in [0.3, 0.4) is 0 Å². The summed E-state index contributed by atoms with van der Waals surface area (Å²) in [6.45, 7) is 28.2. The molecular formula is C96H178N14O16S6. The normalized spacial score (nSPS) is 33.6. The fourth-order valence-electron chi connectivity index (χ4n) is 21.9. The van der Waals surface area contributed by atoms with Gasteiger partial charge < -0.3 is 76.3 Å². The summed E-state index contributed by atoms with van der Waals surface area (Å²) in [5.74, 6) is 15.0. The molecule has 0 bridgehead atoms. The summed E-state index contributed by atoms with van der Waals surface area (Å²) in [4.78, 5) is 101. The van der Waals surface area contributed by atoms with E-state index in [1.54, 1.807) is 11.9 Å². The molecule has 0 saturated carbocycles. The van der Waals surface area contributed by atoms with Crippen molar-refractivity contribution >= 4 is 104 Å². The first kappa shape index (κ1) is 114. The first-order valence-electron chi connectivity index (χ1n) is 51.1. The zero-order valence-electron chi connectivity index (χ0n) is 83.4. The molecule has 18 atom stereocenters. The minimum atomic E-state index is -2.98. The number of nitrogens with zero attached hydrogens (tertiary/aromatic N) is 7. The number of nitrogens with one attached hydrogen (secondary N) is 7. The van der Waals surface area contributed by atoms with Crippen LogP contribution >= 0.6 is 23.5 Å². The first-order valence-corrected chi connectivity index (χ1v) is 60.6. The third-order valence-corrected chi connectivity index (χ3v) is 40.4. The van der Waals surface area contributed by atoms with Crippen LogP contribution in [0.1, 0.15) is 222 Å². The molecule has 14 aliphatic rings. The van der Waals surface area contributed by atoms with Crippen LogP contribution < -0.4 is 37.2 Å². The van der Waals surface area contributed by atoms with Crippen LogP contribution in [0.5, 0.6) is 0 Å². The first-order chi connectivity index (χ1) is 62.8. The Kier molecular flexibility index (Phi) is 48.9. The number of carbonyl (C=O) groups excluding carboxylic acids is 7. The molecule has 0 aromatic carbocycles. The second-order valence-corrected chi connectivity index (χ2v) is 53.7. The second kappa shape index (κ2) is 56.8. The minimum absolute atomic E-state index is 0.0230. The monoisotopic (exact) mass is 1980 g/mol. The highest BCUT2D eigenvalue weighted by Crippen LogP contribution is 2.33. The largest absolute Gasteiger partial charge is 0.381 e. The number of hydrogen-bond donors (Lipinski definition) is 7. The zero-order valence-corrected chi connectivity index (χ0v) is 88.3. The van der Waals surface area contributed by atoms with Gasteiger partial charge in [0.05, 0.1) is 87.8 Å². The summed E-state index contributed by atoms with van der Waals surface area (Å²) >= 11 is 4.11. The van der Waals surface area contributed by atoms with E-state index < -0.39 is 39.3 Å². The van der Waals surface area contributed by atoms with E-state index in [-0.39, 0.29) is 118 Å². The van der Waals surface area contributed by atoms with Crippen molar-refractivity contribution in [3.63, 3.8) is 0 Å². The zero-order chi connectivity index (χ0) is 96.5. The summed E-state index contributed by atoms with van der Waals surface area (Å²) in [5, 5.41) is 21.5. The van der Waals surface area contributed by atoms with Gasteiger partial charge in [0.1, 0.15) is 9.84 Å². The average Bonchev–Trinajstić information content (AvgIpc) is 1.68. The molecule has 36 heteroatoms. The molecule has 14 fully saturated rings. The topological polar surface area (TPSA) is 372 Å². The van der Waals surface area contributed by atoms with Gasteiger partial charge >= 0.3 is 0 Å². The van der Waals surface area contributed by atoms with Crippen molar-refractivity contribution in [3.8, 4) is 0 Å². The maximum absolute atomic E-state index is 12.5. The summed E-state index contributed by atoms with van der Waals surface area (Å²) in [6.07, 6.45) is 26.6. The van der Waals surface area contributed by atoms with E-state index in [9.17, 15) is 67.2 Å². The Balaban J connectivity index is 0.000000190. The summed E-state index contributed by atoms with van der Waals surface area (Å²) in [5.41, 5.74) is 0. The number of amides is 7. The van der Waals surface area contributed by atoms with Crippen LogP contribution in [0.2, 0.25) is 0 Å². The third kappa shape index (κ3) is 37.8. The number of rotatable bonds is 21. The lowest BCUT2D eigenvalue weighted by Gasteiger charge is -2.31. The van der Waals surface area contributed by atoms with Crippen LogP contribution in [-0.4, -0.2) is 374 Å². The molecule has 0 radical (unpaired) electrons. The highest BCUT2D eigenvalue weighted by atomic mass is 32.2. The molecular weight excluding hydrogens is 1800 g/mol. The van der Waals surface area contributed by atoms with Crippen molar-refractivity contribution in [2.45, 2.75) is 269 Å². The molecule has 764 valence electrons. The molecule has 7 amide bonds. The van der Waals surface area contributed by atoms with Gasteiger partial charge in [-0.05, 0) is 323 Å².